The normalized spacial score (nSPS) is 14.1. The molecule has 0 spiro atoms. The summed E-state index contributed by atoms with van der Waals surface area (Å²) in [6.45, 7) is 8.45. The van der Waals surface area contributed by atoms with Crippen LogP contribution in [0.5, 0.6) is 0 Å². The predicted molar refractivity (Wildman–Crippen MR) is 148 cm³/mol. The number of nitrogens with zero attached hydrogens (tertiary/aromatic N) is 3. The number of carbonyl (C=O) groups is 2. The van der Waals surface area contributed by atoms with Gasteiger partial charge in [-0.3, -0.25) is 9.89 Å². The zero-order chi connectivity index (χ0) is 26.7. The lowest BCUT2D eigenvalue weighted by atomic mass is 10.1. The Bertz CT molecular complexity index is 1440. The molecule has 1 fully saturated rings. The summed E-state index contributed by atoms with van der Waals surface area (Å²) in [5, 5.41) is 14.0. The van der Waals surface area contributed by atoms with Gasteiger partial charge in [-0.05, 0) is 82.9 Å². The van der Waals surface area contributed by atoms with Crippen LogP contribution < -0.4 is 15.5 Å². The van der Waals surface area contributed by atoms with Crippen LogP contribution >= 0.6 is 0 Å². The summed E-state index contributed by atoms with van der Waals surface area (Å²) in [6, 6.07) is 11.8. The third-order valence-electron chi connectivity index (χ3n) is 6.54. The fourth-order valence-corrected chi connectivity index (χ4v) is 4.69. The van der Waals surface area contributed by atoms with Crippen molar-refractivity contribution < 1.29 is 14.3 Å². The molecule has 2 aromatic carbocycles. The number of imidazole rings is 1. The van der Waals surface area contributed by atoms with Crippen molar-refractivity contribution in [2.45, 2.75) is 52.1 Å². The van der Waals surface area contributed by atoms with Crippen molar-refractivity contribution in [2.75, 3.05) is 31.1 Å². The molecule has 1 aliphatic heterocycles. The van der Waals surface area contributed by atoms with E-state index in [4.69, 9.17) is 9.72 Å². The largest absolute Gasteiger partial charge is 0.444 e. The molecule has 2 amide bonds. The molecule has 2 aromatic heterocycles. The van der Waals surface area contributed by atoms with Gasteiger partial charge in [0.25, 0.3) is 5.91 Å². The molecule has 0 bridgehead atoms. The molecule has 1 aliphatic rings. The van der Waals surface area contributed by atoms with E-state index in [1.165, 1.54) is 24.9 Å². The Kier molecular flexibility index (Phi) is 7.22. The van der Waals surface area contributed by atoms with Gasteiger partial charge in [0, 0.05) is 42.8 Å². The van der Waals surface area contributed by atoms with Gasteiger partial charge in [-0.1, -0.05) is 0 Å². The van der Waals surface area contributed by atoms with E-state index < -0.39 is 11.7 Å². The second kappa shape index (κ2) is 10.7. The predicted octanol–water partition coefficient (Wildman–Crippen LogP) is 4.74. The Morgan fingerprint density at radius 3 is 2.58 bits per heavy atom. The molecule has 1 saturated heterocycles. The molecule has 10 heteroatoms. The maximum atomic E-state index is 12.8. The minimum Gasteiger partial charge on any atom is -0.444 e. The average molecular weight is 518 g/mol. The smallest absolute Gasteiger partial charge is 0.407 e. The first kappa shape index (κ1) is 25.6. The maximum absolute atomic E-state index is 12.8. The lowest BCUT2D eigenvalue weighted by Crippen LogP contribution is -2.34. The number of rotatable bonds is 7. The second-order valence-electron chi connectivity index (χ2n) is 10.7. The number of hydrogen-bond donors (Lipinski definition) is 4. The highest BCUT2D eigenvalue weighted by atomic mass is 16.6. The molecule has 0 radical (unpaired) electrons. The Morgan fingerprint density at radius 2 is 1.79 bits per heavy atom. The van der Waals surface area contributed by atoms with Gasteiger partial charge >= 0.3 is 6.09 Å². The van der Waals surface area contributed by atoms with Crippen molar-refractivity contribution in [1.82, 2.24) is 30.8 Å². The van der Waals surface area contributed by atoms with Gasteiger partial charge in [0.05, 0.1) is 16.6 Å². The molecule has 4 aromatic rings. The van der Waals surface area contributed by atoms with E-state index in [-0.39, 0.29) is 5.91 Å². The lowest BCUT2D eigenvalue weighted by molar-refractivity contribution is 0.0527. The van der Waals surface area contributed by atoms with E-state index in [2.05, 4.69) is 42.8 Å². The van der Waals surface area contributed by atoms with Crippen LogP contribution in [-0.2, 0) is 4.74 Å². The molecule has 0 unspecified atom stereocenters. The van der Waals surface area contributed by atoms with Gasteiger partial charge in [0.2, 0.25) is 0 Å². The summed E-state index contributed by atoms with van der Waals surface area (Å²) in [5.74, 6) is 0.472. The highest BCUT2D eigenvalue weighted by Gasteiger charge is 2.18. The zero-order valence-electron chi connectivity index (χ0n) is 22.2. The molecule has 3 heterocycles. The van der Waals surface area contributed by atoms with Crippen LogP contribution in [0.4, 0.5) is 10.5 Å². The summed E-state index contributed by atoms with van der Waals surface area (Å²) in [5.41, 5.74) is 4.54. The Hall–Kier alpha value is -4.08. The molecular weight excluding hydrogens is 482 g/mol. The van der Waals surface area contributed by atoms with Crippen LogP contribution in [0, 0.1) is 0 Å². The maximum Gasteiger partial charge on any atom is 0.407 e. The second-order valence-corrected chi connectivity index (χ2v) is 10.7. The average Bonchev–Trinajstić information content (AvgIpc) is 3.50. The van der Waals surface area contributed by atoms with E-state index in [1.807, 2.05) is 39.0 Å². The third kappa shape index (κ3) is 5.90. The van der Waals surface area contributed by atoms with E-state index in [1.54, 1.807) is 6.07 Å². The quantitative estimate of drug-likeness (QED) is 0.262. The number of fused-ring (bicyclic) bond motifs is 2. The number of aromatic amines is 2. The van der Waals surface area contributed by atoms with Crippen molar-refractivity contribution in [3.05, 3.63) is 42.0 Å². The number of piperidine rings is 1. The summed E-state index contributed by atoms with van der Waals surface area (Å²) in [7, 11) is 0. The van der Waals surface area contributed by atoms with Gasteiger partial charge in [0.1, 0.15) is 11.3 Å². The van der Waals surface area contributed by atoms with Crippen molar-refractivity contribution in [3.63, 3.8) is 0 Å². The standard InChI is InChI=1S/C28H35N7O3/c1-28(2,3)38-27(37)30-13-7-12-29-26(36)18-8-10-21-20(16-18)24(34-33-21)25-31-22-11-9-19(17-23(22)32-25)35-14-5-4-6-15-35/h8-11,16-17H,4-7,12-15H2,1-3H3,(H,29,36)(H,30,37)(H,31,32)(H,33,34). The number of H-pyrrole nitrogens is 2. The van der Waals surface area contributed by atoms with E-state index in [0.29, 0.717) is 36.6 Å². The highest BCUT2D eigenvalue weighted by Crippen LogP contribution is 2.29. The minimum atomic E-state index is -0.540. The number of nitrogens with one attached hydrogen (secondary N) is 4. The third-order valence-corrected chi connectivity index (χ3v) is 6.54. The molecule has 10 nitrogen and oxygen atoms in total. The number of aromatic nitrogens is 4. The number of alkyl carbamates (subject to hydrolysis) is 1. The van der Waals surface area contributed by atoms with Crippen LogP contribution in [0.2, 0.25) is 0 Å². The molecular formula is C28H35N7O3. The van der Waals surface area contributed by atoms with Gasteiger partial charge in [0.15, 0.2) is 5.82 Å². The molecule has 5 rings (SSSR count). The Balaban J connectivity index is 1.25. The minimum absolute atomic E-state index is 0.188. The topological polar surface area (TPSA) is 128 Å². The zero-order valence-corrected chi connectivity index (χ0v) is 22.2. The summed E-state index contributed by atoms with van der Waals surface area (Å²) in [4.78, 5) is 35.1. The number of benzene rings is 2. The van der Waals surface area contributed by atoms with Crippen LogP contribution in [0.25, 0.3) is 33.5 Å². The van der Waals surface area contributed by atoms with E-state index in [9.17, 15) is 9.59 Å². The molecule has 38 heavy (non-hydrogen) atoms. The van der Waals surface area contributed by atoms with Gasteiger partial charge in [-0.15, -0.1) is 0 Å². The number of ether oxygens (including phenoxy) is 1. The van der Waals surface area contributed by atoms with E-state index in [0.717, 1.165) is 35.0 Å². The molecule has 200 valence electrons. The summed E-state index contributed by atoms with van der Waals surface area (Å²) < 4.78 is 5.21. The van der Waals surface area contributed by atoms with Gasteiger partial charge in [-0.2, -0.15) is 5.10 Å². The molecule has 0 aliphatic carbocycles. The summed E-state index contributed by atoms with van der Waals surface area (Å²) in [6.07, 6.45) is 3.87. The lowest BCUT2D eigenvalue weighted by Gasteiger charge is -2.28. The summed E-state index contributed by atoms with van der Waals surface area (Å²) >= 11 is 0. The van der Waals surface area contributed by atoms with Crippen molar-refractivity contribution in [3.8, 4) is 11.5 Å². The molecule has 4 N–H and O–H groups in total. The number of carbonyl (C=O) groups excluding carboxylic acids is 2. The number of amides is 2. The van der Waals surface area contributed by atoms with Gasteiger partial charge in [-0.25, -0.2) is 9.78 Å². The first-order chi connectivity index (χ1) is 18.3. The first-order valence-corrected chi connectivity index (χ1v) is 13.3. The van der Waals surface area contributed by atoms with Gasteiger partial charge < -0.3 is 25.3 Å². The molecule has 0 saturated carbocycles. The fraction of sp³-hybridized carbons (Fsp3) is 0.429. The van der Waals surface area contributed by atoms with E-state index >= 15 is 0 Å². The molecule has 0 atom stereocenters. The SMILES string of the molecule is CC(C)(C)OC(=O)NCCCNC(=O)c1ccc2[nH]nc(-c3nc4ccc(N5CCCCC5)cc4[nH]3)c2c1. The van der Waals surface area contributed by atoms with Crippen LogP contribution in [-0.4, -0.2) is 63.9 Å². The van der Waals surface area contributed by atoms with Crippen molar-refractivity contribution >= 4 is 39.6 Å². The van der Waals surface area contributed by atoms with Crippen molar-refractivity contribution in [1.29, 1.82) is 0 Å². The van der Waals surface area contributed by atoms with Crippen LogP contribution in [0.15, 0.2) is 36.4 Å². The first-order valence-electron chi connectivity index (χ1n) is 13.3. The fourth-order valence-electron chi connectivity index (χ4n) is 4.69. The monoisotopic (exact) mass is 517 g/mol. The number of anilines is 1. The van der Waals surface area contributed by atoms with Crippen LogP contribution in [0.1, 0.15) is 56.8 Å². The van der Waals surface area contributed by atoms with Crippen LogP contribution in [0.3, 0.4) is 0 Å². The van der Waals surface area contributed by atoms with Crippen molar-refractivity contribution in [2.24, 2.45) is 0 Å². The number of hydrogen-bond acceptors (Lipinski definition) is 6. The Labute approximate surface area is 221 Å². The Morgan fingerprint density at radius 1 is 1.00 bits per heavy atom. The highest BCUT2D eigenvalue weighted by molar-refractivity contribution is 6.01.